The fourth-order valence-corrected chi connectivity index (χ4v) is 1.95. The zero-order chi connectivity index (χ0) is 13.3. The first-order valence-electron chi connectivity index (χ1n) is 5.33. The lowest BCUT2D eigenvalue weighted by Crippen LogP contribution is -2.41. The molecule has 2 heterocycles. The second kappa shape index (κ2) is 4.69. The van der Waals surface area contributed by atoms with Crippen LogP contribution >= 0.6 is 0 Å². The van der Waals surface area contributed by atoms with Crippen molar-refractivity contribution in [1.82, 2.24) is 9.88 Å². The minimum atomic E-state index is -1.20. The smallest absolute Gasteiger partial charge is 0.326 e. The normalized spacial score (nSPS) is 23.1. The van der Waals surface area contributed by atoms with Gasteiger partial charge in [-0.1, -0.05) is 6.07 Å². The molecule has 1 aromatic rings. The fourth-order valence-electron chi connectivity index (χ4n) is 1.95. The molecule has 7 heteroatoms. The van der Waals surface area contributed by atoms with Crippen molar-refractivity contribution in [3.05, 3.63) is 29.8 Å². The molecule has 0 aromatic carbocycles. The summed E-state index contributed by atoms with van der Waals surface area (Å²) in [5.74, 6) is -2.71. The van der Waals surface area contributed by atoms with Crippen molar-refractivity contribution in [1.29, 1.82) is 0 Å². The number of halogens is 1. The summed E-state index contributed by atoms with van der Waals surface area (Å²) < 4.78 is 12.9. The number of pyridine rings is 1. The van der Waals surface area contributed by atoms with E-state index in [-0.39, 0.29) is 18.7 Å². The maximum atomic E-state index is 12.9. The molecule has 18 heavy (non-hydrogen) atoms. The van der Waals surface area contributed by atoms with Crippen LogP contribution in [0.15, 0.2) is 18.2 Å². The molecule has 0 bridgehead atoms. The van der Waals surface area contributed by atoms with E-state index in [2.05, 4.69) is 4.98 Å². The van der Waals surface area contributed by atoms with E-state index in [9.17, 15) is 19.1 Å². The number of aliphatic hydroxyl groups is 1. The summed E-state index contributed by atoms with van der Waals surface area (Å²) in [7, 11) is 0. The molecular formula is C11H11FN2O4. The van der Waals surface area contributed by atoms with Gasteiger partial charge in [0.15, 0.2) is 0 Å². The third-order valence-corrected chi connectivity index (χ3v) is 2.76. The second-order valence-corrected chi connectivity index (χ2v) is 4.05. The van der Waals surface area contributed by atoms with Crippen LogP contribution in [-0.2, 0) is 4.79 Å². The van der Waals surface area contributed by atoms with Crippen LogP contribution in [0.5, 0.6) is 0 Å². The monoisotopic (exact) mass is 254 g/mol. The zero-order valence-electron chi connectivity index (χ0n) is 9.28. The highest BCUT2D eigenvalue weighted by molar-refractivity contribution is 5.95. The van der Waals surface area contributed by atoms with Crippen LogP contribution in [0.1, 0.15) is 16.9 Å². The van der Waals surface area contributed by atoms with E-state index in [1.165, 1.54) is 12.1 Å². The van der Waals surface area contributed by atoms with Crippen molar-refractivity contribution in [3.8, 4) is 0 Å². The maximum absolute atomic E-state index is 12.9. The number of hydrogen-bond donors (Lipinski definition) is 2. The summed E-state index contributed by atoms with van der Waals surface area (Å²) in [5.41, 5.74) is -0.171. The number of aliphatic hydroxyl groups excluding tert-OH is 1. The number of carboxylic acids is 1. The third-order valence-electron chi connectivity index (χ3n) is 2.76. The molecular weight excluding hydrogens is 243 g/mol. The van der Waals surface area contributed by atoms with Gasteiger partial charge in [-0.25, -0.2) is 9.78 Å². The minimum absolute atomic E-state index is 0.0314. The molecule has 1 aromatic heterocycles. The first kappa shape index (κ1) is 12.4. The fraction of sp³-hybridized carbons (Fsp3) is 0.364. The molecule has 1 saturated heterocycles. The van der Waals surface area contributed by atoms with Gasteiger partial charge in [-0.3, -0.25) is 4.79 Å². The Kier molecular flexibility index (Phi) is 3.24. The van der Waals surface area contributed by atoms with Gasteiger partial charge in [0, 0.05) is 13.0 Å². The van der Waals surface area contributed by atoms with E-state index in [4.69, 9.17) is 5.11 Å². The van der Waals surface area contributed by atoms with Crippen LogP contribution in [0, 0.1) is 5.95 Å². The van der Waals surface area contributed by atoms with Crippen molar-refractivity contribution >= 4 is 11.9 Å². The maximum Gasteiger partial charge on any atom is 0.326 e. The molecule has 0 spiro atoms. The van der Waals surface area contributed by atoms with Gasteiger partial charge >= 0.3 is 5.97 Å². The predicted octanol–water partition coefficient (Wildman–Crippen LogP) is -0.119. The van der Waals surface area contributed by atoms with E-state index in [0.717, 1.165) is 11.0 Å². The highest BCUT2D eigenvalue weighted by Crippen LogP contribution is 2.20. The number of nitrogens with zero attached hydrogens (tertiary/aromatic N) is 2. The number of aliphatic carboxylic acids is 1. The van der Waals surface area contributed by atoms with Gasteiger partial charge in [0.1, 0.15) is 11.7 Å². The van der Waals surface area contributed by atoms with Crippen molar-refractivity contribution in [2.75, 3.05) is 6.54 Å². The summed E-state index contributed by atoms with van der Waals surface area (Å²) in [6.45, 7) is -0.0893. The molecule has 1 aliphatic rings. The van der Waals surface area contributed by atoms with Crippen molar-refractivity contribution in [2.45, 2.75) is 18.6 Å². The Balaban J connectivity index is 2.25. The summed E-state index contributed by atoms with van der Waals surface area (Å²) in [5, 5.41) is 18.4. The topological polar surface area (TPSA) is 90.7 Å². The van der Waals surface area contributed by atoms with Crippen LogP contribution < -0.4 is 0 Å². The number of β-amino-alcohol motifs (C(OH)–C–C–N with tert-alkyl or cyclic N) is 1. The number of aromatic nitrogens is 1. The van der Waals surface area contributed by atoms with Gasteiger partial charge in [0.25, 0.3) is 5.91 Å². The standard InChI is InChI=1S/C11H11FN2O4/c12-9-3-1-2-7(13-9)10(16)14-5-6(15)4-8(14)11(17)18/h1-3,6,8,15H,4-5H2,(H,17,18)/t6-,8+/m1/s1. The van der Waals surface area contributed by atoms with Crippen LogP contribution in [0.25, 0.3) is 0 Å². The molecule has 1 fully saturated rings. The number of rotatable bonds is 2. The SMILES string of the molecule is O=C(O)[C@@H]1C[C@@H](O)CN1C(=O)c1cccc(F)n1. The lowest BCUT2D eigenvalue weighted by Gasteiger charge is -2.20. The number of carbonyl (C=O) groups is 2. The molecule has 2 rings (SSSR count). The van der Waals surface area contributed by atoms with Crippen LogP contribution in [0.2, 0.25) is 0 Å². The van der Waals surface area contributed by atoms with E-state index in [0.29, 0.717) is 0 Å². The Morgan fingerprint density at radius 2 is 2.17 bits per heavy atom. The van der Waals surface area contributed by atoms with Gasteiger partial charge in [-0.2, -0.15) is 4.39 Å². The van der Waals surface area contributed by atoms with Crippen molar-refractivity contribution in [3.63, 3.8) is 0 Å². The predicted molar refractivity (Wildman–Crippen MR) is 57.3 cm³/mol. The van der Waals surface area contributed by atoms with Crippen LogP contribution in [0.3, 0.4) is 0 Å². The van der Waals surface area contributed by atoms with Crippen LogP contribution in [0.4, 0.5) is 4.39 Å². The highest BCUT2D eigenvalue weighted by Gasteiger charge is 2.39. The minimum Gasteiger partial charge on any atom is -0.480 e. The molecule has 0 saturated carbocycles. The quantitative estimate of drug-likeness (QED) is 0.718. The van der Waals surface area contributed by atoms with Gasteiger partial charge in [-0.05, 0) is 12.1 Å². The largest absolute Gasteiger partial charge is 0.480 e. The Labute approximate surface area is 102 Å². The van der Waals surface area contributed by atoms with Gasteiger partial charge < -0.3 is 15.1 Å². The Morgan fingerprint density at radius 3 is 2.78 bits per heavy atom. The Morgan fingerprint density at radius 1 is 1.44 bits per heavy atom. The first-order chi connectivity index (χ1) is 8.49. The summed E-state index contributed by atoms with van der Waals surface area (Å²) >= 11 is 0. The van der Waals surface area contributed by atoms with Crippen LogP contribution in [-0.4, -0.2) is 50.7 Å². The van der Waals surface area contributed by atoms with E-state index >= 15 is 0 Å². The number of hydrogen-bond acceptors (Lipinski definition) is 4. The molecule has 0 unspecified atom stereocenters. The number of amides is 1. The summed E-state index contributed by atoms with van der Waals surface area (Å²) in [6.07, 6.45) is -0.917. The van der Waals surface area contributed by atoms with E-state index in [1.54, 1.807) is 0 Å². The van der Waals surface area contributed by atoms with Crippen molar-refractivity contribution in [2.24, 2.45) is 0 Å². The van der Waals surface area contributed by atoms with Crippen molar-refractivity contribution < 1.29 is 24.2 Å². The molecule has 2 atom stereocenters. The summed E-state index contributed by atoms with van der Waals surface area (Å²) in [6, 6.07) is 2.61. The molecule has 96 valence electrons. The molecule has 1 aliphatic heterocycles. The third kappa shape index (κ3) is 2.30. The molecule has 0 aliphatic carbocycles. The molecule has 0 radical (unpaired) electrons. The second-order valence-electron chi connectivity index (χ2n) is 4.05. The average Bonchev–Trinajstić information content (AvgIpc) is 2.70. The molecule has 1 amide bonds. The Bertz CT molecular complexity index is 494. The lowest BCUT2D eigenvalue weighted by atomic mass is 10.2. The van der Waals surface area contributed by atoms with Gasteiger partial charge in [0.05, 0.1) is 6.10 Å². The highest BCUT2D eigenvalue weighted by atomic mass is 19.1. The lowest BCUT2D eigenvalue weighted by molar-refractivity contribution is -0.141. The van der Waals surface area contributed by atoms with Gasteiger partial charge in [0.2, 0.25) is 5.95 Å². The Hall–Kier alpha value is -2.02. The zero-order valence-corrected chi connectivity index (χ0v) is 9.28. The summed E-state index contributed by atoms with van der Waals surface area (Å²) in [4.78, 5) is 27.3. The number of carbonyl (C=O) groups excluding carboxylic acids is 1. The first-order valence-corrected chi connectivity index (χ1v) is 5.33. The average molecular weight is 254 g/mol. The number of carboxylic acid groups (broad SMARTS) is 1. The number of likely N-dealkylation sites (tertiary alicyclic amines) is 1. The molecule has 6 nitrogen and oxygen atoms in total. The molecule has 2 N–H and O–H groups in total. The van der Waals surface area contributed by atoms with Gasteiger partial charge in [-0.15, -0.1) is 0 Å². The van der Waals surface area contributed by atoms with E-state index in [1.807, 2.05) is 0 Å². The van der Waals surface area contributed by atoms with E-state index < -0.39 is 30.0 Å².